The van der Waals surface area contributed by atoms with Crippen LogP contribution in [-0.2, 0) is 16.2 Å². The van der Waals surface area contributed by atoms with E-state index in [2.05, 4.69) is 4.89 Å². The Kier molecular flexibility index (Phi) is 6.55. The molecule has 0 bridgehead atoms. The standard InChI is InChI=1S/C20H22O7/c1-11-6-15(7-16(10-24-4)12(11)2)20(23)26-18-9-14(13(3)21)8-17(22)19(18)27-25-5/h6-9,22H,10H2,1-5H3. The summed E-state index contributed by atoms with van der Waals surface area (Å²) >= 11 is 0. The van der Waals surface area contributed by atoms with E-state index in [0.29, 0.717) is 12.2 Å². The first kappa shape index (κ1) is 20.4. The monoisotopic (exact) mass is 374 g/mol. The molecule has 7 heteroatoms. The van der Waals surface area contributed by atoms with Crippen LogP contribution in [0.5, 0.6) is 17.2 Å². The van der Waals surface area contributed by atoms with Gasteiger partial charge in [0.1, 0.15) is 0 Å². The Balaban J connectivity index is 2.44. The zero-order valence-corrected chi connectivity index (χ0v) is 15.9. The van der Waals surface area contributed by atoms with Gasteiger partial charge in [-0.25, -0.2) is 4.79 Å². The van der Waals surface area contributed by atoms with E-state index in [1.54, 1.807) is 19.2 Å². The van der Waals surface area contributed by atoms with Crippen LogP contribution in [0.2, 0.25) is 0 Å². The molecule has 7 nitrogen and oxygen atoms in total. The van der Waals surface area contributed by atoms with Gasteiger partial charge in [-0.3, -0.25) is 4.79 Å². The van der Waals surface area contributed by atoms with E-state index in [1.165, 1.54) is 26.2 Å². The zero-order chi connectivity index (χ0) is 20.1. The molecule has 0 saturated carbocycles. The number of carbonyl (C=O) groups is 2. The van der Waals surface area contributed by atoms with E-state index in [1.807, 2.05) is 13.8 Å². The van der Waals surface area contributed by atoms with Crippen molar-refractivity contribution in [1.29, 1.82) is 0 Å². The van der Waals surface area contributed by atoms with Crippen molar-refractivity contribution in [1.82, 2.24) is 0 Å². The lowest BCUT2D eigenvalue weighted by molar-refractivity contribution is -0.180. The van der Waals surface area contributed by atoms with Gasteiger partial charge in [0.15, 0.2) is 17.3 Å². The minimum atomic E-state index is -0.670. The summed E-state index contributed by atoms with van der Waals surface area (Å²) in [6.45, 7) is 5.51. The average Bonchev–Trinajstić information content (AvgIpc) is 2.61. The number of hydrogen-bond donors (Lipinski definition) is 1. The van der Waals surface area contributed by atoms with Crippen LogP contribution in [0.25, 0.3) is 0 Å². The Morgan fingerprint density at radius 2 is 1.74 bits per heavy atom. The van der Waals surface area contributed by atoms with Crippen LogP contribution in [0, 0.1) is 13.8 Å². The third kappa shape index (κ3) is 4.64. The molecule has 0 aliphatic rings. The highest BCUT2D eigenvalue weighted by molar-refractivity contribution is 5.96. The molecular weight excluding hydrogens is 352 g/mol. The number of methoxy groups -OCH3 is 1. The lowest BCUT2D eigenvalue weighted by Gasteiger charge is -2.14. The maximum Gasteiger partial charge on any atom is 0.343 e. The van der Waals surface area contributed by atoms with Crippen molar-refractivity contribution in [3.63, 3.8) is 0 Å². The second kappa shape index (κ2) is 8.66. The Morgan fingerprint density at radius 3 is 2.33 bits per heavy atom. The fourth-order valence-electron chi connectivity index (χ4n) is 2.55. The first-order valence-electron chi connectivity index (χ1n) is 8.18. The van der Waals surface area contributed by atoms with Gasteiger partial charge in [-0.2, -0.15) is 4.89 Å². The van der Waals surface area contributed by atoms with E-state index in [4.69, 9.17) is 14.4 Å². The molecule has 0 aliphatic heterocycles. The predicted octanol–water partition coefficient (Wildman–Crippen LogP) is 3.52. The summed E-state index contributed by atoms with van der Waals surface area (Å²) in [7, 11) is 2.81. The molecule has 0 unspecified atom stereocenters. The number of ketones is 1. The number of Topliss-reactive ketones (excluding diaryl/α,β-unsaturated/α-hetero) is 1. The second-order valence-corrected chi connectivity index (χ2v) is 6.03. The fourth-order valence-corrected chi connectivity index (χ4v) is 2.55. The Morgan fingerprint density at radius 1 is 1.04 bits per heavy atom. The first-order valence-corrected chi connectivity index (χ1v) is 8.18. The van der Waals surface area contributed by atoms with Crippen molar-refractivity contribution in [2.24, 2.45) is 0 Å². The van der Waals surface area contributed by atoms with Gasteiger partial charge in [-0.05, 0) is 61.7 Å². The van der Waals surface area contributed by atoms with Gasteiger partial charge in [0.25, 0.3) is 0 Å². The summed E-state index contributed by atoms with van der Waals surface area (Å²) in [5.74, 6) is -1.68. The molecule has 0 spiro atoms. The molecule has 144 valence electrons. The predicted molar refractivity (Wildman–Crippen MR) is 97.3 cm³/mol. The molecule has 0 radical (unpaired) electrons. The summed E-state index contributed by atoms with van der Waals surface area (Å²) in [4.78, 5) is 33.7. The van der Waals surface area contributed by atoms with Crippen LogP contribution < -0.4 is 9.62 Å². The number of esters is 1. The van der Waals surface area contributed by atoms with E-state index < -0.39 is 5.97 Å². The van der Waals surface area contributed by atoms with Crippen molar-refractivity contribution in [2.45, 2.75) is 27.4 Å². The van der Waals surface area contributed by atoms with Gasteiger partial charge in [0, 0.05) is 12.7 Å². The average molecular weight is 374 g/mol. The highest BCUT2D eigenvalue weighted by Gasteiger charge is 2.21. The van der Waals surface area contributed by atoms with Crippen LogP contribution in [0.1, 0.15) is 44.3 Å². The van der Waals surface area contributed by atoms with E-state index in [9.17, 15) is 14.7 Å². The van der Waals surface area contributed by atoms with E-state index in [-0.39, 0.29) is 28.6 Å². The lowest BCUT2D eigenvalue weighted by Crippen LogP contribution is -2.12. The van der Waals surface area contributed by atoms with Crippen LogP contribution >= 0.6 is 0 Å². The molecule has 2 aromatic carbocycles. The minimum absolute atomic E-state index is 0.126. The number of rotatable bonds is 7. The molecule has 0 heterocycles. The lowest BCUT2D eigenvalue weighted by atomic mass is 10.00. The largest absolute Gasteiger partial charge is 0.504 e. The van der Waals surface area contributed by atoms with Gasteiger partial charge >= 0.3 is 5.97 Å². The van der Waals surface area contributed by atoms with Crippen LogP contribution in [-0.4, -0.2) is 31.1 Å². The number of ether oxygens (including phenoxy) is 2. The van der Waals surface area contributed by atoms with E-state index in [0.717, 1.165) is 16.7 Å². The summed E-state index contributed by atoms with van der Waals surface area (Å²) in [5.41, 5.74) is 3.26. The fraction of sp³-hybridized carbons (Fsp3) is 0.300. The molecule has 0 fully saturated rings. The maximum absolute atomic E-state index is 12.7. The normalized spacial score (nSPS) is 10.6. The molecule has 0 saturated heterocycles. The van der Waals surface area contributed by atoms with Crippen molar-refractivity contribution in [3.05, 3.63) is 52.1 Å². The van der Waals surface area contributed by atoms with Gasteiger partial charge in [0.2, 0.25) is 5.75 Å². The van der Waals surface area contributed by atoms with Gasteiger partial charge in [0.05, 0.1) is 19.3 Å². The van der Waals surface area contributed by atoms with Crippen molar-refractivity contribution in [3.8, 4) is 17.2 Å². The molecule has 2 rings (SSSR count). The summed E-state index contributed by atoms with van der Waals surface area (Å²) < 4.78 is 10.6. The highest BCUT2D eigenvalue weighted by atomic mass is 17.2. The number of phenolic OH excluding ortho intramolecular Hbond substituents is 1. The smallest absolute Gasteiger partial charge is 0.343 e. The van der Waals surface area contributed by atoms with Crippen LogP contribution in [0.3, 0.4) is 0 Å². The van der Waals surface area contributed by atoms with Gasteiger partial charge < -0.3 is 19.5 Å². The molecule has 0 aliphatic carbocycles. The van der Waals surface area contributed by atoms with Crippen LogP contribution in [0.4, 0.5) is 0 Å². The molecule has 0 amide bonds. The minimum Gasteiger partial charge on any atom is -0.504 e. The zero-order valence-electron chi connectivity index (χ0n) is 15.9. The quantitative estimate of drug-likeness (QED) is 0.261. The molecule has 2 aromatic rings. The van der Waals surface area contributed by atoms with Crippen LogP contribution in [0.15, 0.2) is 24.3 Å². The summed E-state index contributed by atoms with van der Waals surface area (Å²) in [5, 5.41) is 10.1. The number of phenols is 1. The van der Waals surface area contributed by atoms with Crippen molar-refractivity contribution < 1.29 is 33.9 Å². The number of carbonyl (C=O) groups excluding carboxylic acids is 2. The number of benzene rings is 2. The Bertz CT molecular complexity index is 871. The van der Waals surface area contributed by atoms with Gasteiger partial charge in [-0.15, -0.1) is 0 Å². The van der Waals surface area contributed by atoms with Crippen molar-refractivity contribution >= 4 is 11.8 Å². The SMILES string of the molecule is COCc1cc(C(=O)Oc2cc(C(C)=O)cc(O)c2OOC)cc(C)c1C. The third-order valence-corrected chi connectivity index (χ3v) is 4.12. The molecule has 0 atom stereocenters. The molecule has 27 heavy (non-hydrogen) atoms. The number of aromatic hydroxyl groups is 1. The topological polar surface area (TPSA) is 91.3 Å². The number of aryl methyl sites for hydroxylation is 1. The third-order valence-electron chi connectivity index (χ3n) is 4.12. The molecule has 0 aromatic heterocycles. The second-order valence-electron chi connectivity index (χ2n) is 6.03. The van der Waals surface area contributed by atoms with E-state index >= 15 is 0 Å². The van der Waals surface area contributed by atoms with Crippen molar-refractivity contribution in [2.75, 3.05) is 14.2 Å². The molecular formula is C20H22O7. The summed E-state index contributed by atoms with van der Waals surface area (Å²) in [6, 6.07) is 5.90. The highest BCUT2D eigenvalue weighted by Crippen LogP contribution is 2.38. The number of hydrogen-bond acceptors (Lipinski definition) is 7. The maximum atomic E-state index is 12.7. The Labute approximate surface area is 157 Å². The first-order chi connectivity index (χ1) is 12.8. The molecule has 1 N–H and O–H groups in total. The summed E-state index contributed by atoms with van der Waals surface area (Å²) in [6.07, 6.45) is 0. The van der Waals surface area contributed by atoms with Gasteiger partial charge in [-0.1, -0.05) is 0 Å². The Hall–Kier alpha value is -2.90.